The molecule has 0 aromatic heterocycles. The van der Waals surface area contributed by atoms with Crippen molar-refractivity contribution >= 4 is 50.7 Å². The van der Waals surface area contributed by atoms with Gasteiger partial charge in [0.05, 0.1) is 5.57 Å². The Morgan fingerprint density at radius 1 is 1.04 bits per heavy atom. The molecule has 1 fully saturated rings. The number of hydrazone groups is 1. The zero-order valence-corrected chi connectivity index (χ0v) is 15.4. The third-order valence-electron chi connectivity index (χ3n) is 4.94. The summed E-state index contributed by atoms with van der Waals surface area (Å²) in [6.07, 6.45) is 4.05. The summed E-state index contributed by atoms with van der Waals surface area (Å²) in [5, 5.41) is 18.0. The molecule has 134 valence electrons. The average Bonchev–Trinajstić information content (AvgIpc) is 3.35. The SMILES string of the molecule is N=C1/C(=C/c2cccc3ccccc23)C(=O)N=C2SC(N3CCCC3)=NN12. The van der Waals surface area contributed by atoms with Crippen LogP contribution >= 0.6 is 11.8 Å². The Kier molecular flexibility index (Phi) is 3.82. The Hall–Kier alpha value is -2.93. The van der Waals surface area contributed by atoms with Gasteiger partial charge >= 0.3 is 0 Å². The van der Waals surface area contributed by atoms with Crippen LogP contribution in [0.2, 0.25) is 0 Å². The molecule has 0 aliphatic carbocycles. The van der Waals surface area contributed by atoms with Gasteiger partial charge in [-0.15, -0.1) is 5.10 Å². The molecule has 1 amide bonds. The summed E-state index contributed by atoms with van der Waals surface area (Å²) < 4.78 is 0. The number of hydrogen-bond donors (Lipinski definition) is 1. The van der Waals surface area contributed by atoms with E-state index in [9.17, 15) is 4.79 Å². The monoisotopic (exact) mass is 375 g/mol. The lowest BCUT2D eigenvalue weighted by Gasteiger charge is -2.20. The van der Waals surface area contributed by atoms with Gasteiger partial charge in [0.25, 0.3) is 5.91 Å². The lowest BCUT2D eigenvalue weighted by molar-refractivity contribution is -0.114. The van der Waals surface area contributed by atoms with E-state index in [1.165, 1.54) is 16.8 Å². The molecule has 7 heteroatoms. The van der Waals surface area contributed by atoms with E-state index < -0.39 is 0 Å². The Morgan fingerprint density at radius 2 is 1.81 bits per heavy atom. The number of carbonyl (C=O) groups excluding carboxylic acids is 1. The minimum absolute atomic E-state index is 0.0830. The van der Waals surface area contributed by atoms with Crippen molar-refractivity contribution in [2.75, 3.05) is 13.1 Å². The number of thioether (sulfide) groups is 1. The summed E-state index contributed by atoms with van der Waals surface area (Å²) in [6, 6.07) is 13.9. The first-order chi connectivity index (χ1) is 13.2. The van der Waals surface area contributed by atoms with Crippen LogP contribution in [-0.4, -0.2) is 45.1 Å². The molecule has 0 radical (unpaired) electrons. The number of nitrogens with zero attached hydrogens (tertiary/aromatic N) is 4. The Bertz CT molecular complexity index is 1060. The fourth-order valence-electron chi connectivity index (χ4n) is 3.55. The van der Waals surface area contributed by atoms with Crippen LogP contribution in [-0.2, 0) is 4.79 Å². The fraction of sp³-hybridized carbons (Fsp3) is 0.200. The Morgan fingerprint density at radius 3 is 2.67 bits per heavy atom. The molecule has 1 N–H and O–H groups in total. The van der Waals surface area contributed by atoms with Crippen molar-refractivity contribution in [1.82, 2.24) is 9.91 Å². The van der Waals surface area contributed by atoms with E-state index in [1.807, 2.05) is 42.5 Å². The standard InChI is InChI=1S/C20H17N5OS/c21-17-16(12-14-8-5-7-13-6-1-2-9-15(13)14)18(26)22-19-25(17)23-20(27-19)24-10-3-4-11-24/h1-2,5-9,12,21H,3-4,10-11H2/b16-12-,21-17?. The minimum atomic E-state index is -0.385. The highest BCUT2D eigenvalue weighted by Gasteiger charge is 2.37. The number of aliphatic imine (C=N–C) groups is 1. The van der Waals surface area contributed by atoms with Crippen molar-refractivity contribution in [3.8, 4) is 0 Å². The van der Waals surface area contributed by atoms with Crippen molar-refractivity contribution < 1.29 is 4.79 Å². The van der Waals surface area contributed by atoms with Crippen molar-refractivity contribution in [2.45, 2.75) is 12.8 Å². The Labute approximate surface area is 160 Å². The Balaban J connectivity index is 1.54. The lowest BCUT2D eigenvalue weighted by Crippen LogP contribution is -2.35. The largest absolute Gasteiger partial charge is 0.349 e. The van der Waals surface area contributed by atoms with E-state index in [4.69, 9.17) is 5.41 Å². The van der Waals surface area contributed by atoms with Crippen molar-refractivity contribution in [1.29, 1.82) is 5.41 Å². The third kappa shape index (κ3) is 2.75. The summed E-state index contributed by atoms with van der Waals surface area (Å²) >= 11 is 1.37. The maximum atomic E-state index is 12.6. The average molecular weight is 375 g/mol. The highest BCUT2D eigenvalue weighted by atomic mass is 32.2. The van der Waals surface area contributed by atoms with E-state index in [0.29, 0.717) is 5.17 Å². The van der Waals surface area contributed by atoms with Crippen LogP contribution in [0.5, 0.6) is 0 Å². The molecule has 5 rings (SSSR count). The molecule has 3 heterocycles. The number of fused-ring (bicyclic) bond motifs is 2. The number of likely N-dealkylation sites (tertiary alicyclic amines) is 1. The van der Waals surface area contributed by atoms with Gasteiger partial charge < -0.3 is 4.90 Å². The molecular formula is C20H17N5OS. The summed E-state index contributed by atoms with van der Waals surface area (Å²) in [6.45, 7) is 1.93. The molecule has 0 unspecified atom stereocenters. The molecule has 0 spiro atoms. The van der Waals surface area contributed by atoms with Gasteiger partial charge in [-0.05, 0) is 47.0 Å². The second-order valence-corrected chi connectivity index (χ2v) is 7.60. The van der Waals surface area contributed by atoms with Crippen LogP contribution in [0.4, 0.5) is 0 Å². The summed E-state index contributed by atoms with van der Waals surface area (Å²) in [5.74, 6) is -0.302. The van der Waals surface area contributed by atoms with Crippen LogP contribution in [0.25, 0.3) is 16.8 Å². The number of nitrogens with one attached hydrogen (secondary N) is 1. The quantitative estimate of drug-likeness (QED) is 0.774. The first kappa shape index (κ1) is 16.3. The predicted octanol–water partition coefficient (Wildman–Crippen LogP) is 3.51. The predicted molar refractivity (Wildman–Crippen MR) is 110 cm³/mol. The number of benzene rings is 2. The van der Waals surface area contributed by atoms with Gasteiger partial charge in [0.15, 0.2) is 11.0 Å². The number of rotatable bonds is 1. The molecule has 0 bridgehead atoms. The van der Waals surface area contributed by atoms with Crippen LogP contribution < -0.4 is 0 Å². The maximum absolute atomic E-state index is 12.6. The molecule has 0 atom stereocenters. The molecule has 3 aliphatic heterocycles. The molecule has 1 saturated heterocycles. The topological polar surface area (TPSA) is 72.1 Å². The minimum Gasteiger partial charge on any atom is -0.349 e. The maximum Gasteiger partial charge on any atom is 0.283 e. The third-order valence-corrected chi connectivity index (χ3v) is 5.91. The lowest BCUT2D eigenvalue weighted by atomic mass is 10.0. The van der Waals surface area contributed by atoms with E-state index in [1.54, 1.807) is 6.08 Å². The highest BCUT2D eigenvalue weighted by molar-refractivity contribution is 8.26. The molecule has 0 saturated carbocycles. The van der Waals surface area contributed by atoms with Crippen molar-refractivity contribution in [2.24, 2.45) is 10.1 Å². The summed E-state index contributed by atoms with van der Waals surface area (Å²) in [5.41, 5.74) is 1.16. The molecular weight excluding hydrogens is 358 g/mol. The summed E-state index contributed by atoms with van der Waals surface area (Å²) in [7, 11) is 0. The zero-order valence-electron chi connectivity index (χ0n) is 14.6. The number of amidine groups is 3. The van der Waals surface area contributed by atoms with Gasteiger partial charge in [-0.2, -0.15) is 10.0 Å². The number of hydrogen-bond acceptors (Lipinski definition) is 5. The van der Waals surface area contributed by atoms with Crippen LogP contribution in [0.1, 0.15) is 18.4 Å². The van der Waals surface area contributed by atoms with Gasteiger partial charge in [0.1, 0.15) is 0 Å². The van der Waals surface area contributed by atoms with Gasteiger partial charge in [-0.1, -0.05) is 42.5 Å². The van der Waals surface area contributed by atoms with E-state index in [0.717, 1.165) is 47.4 Å². The normalized spacial score (nSPS) is 21.1. The number of carbonyl (C=O) groups is 1. The van der Waals surface area contributed by atoms with Gasteiger partial charge in [0.2, 0.25) is 5.17 Å². The second-order valence-electron chi connectivity index (χ2n) is 6.67. The van der Waals surface area contributed by atoms with Crippen LogP contribution in [0.15, 0.2) is 58.1 Å². The van der Waals surface area contributed by atoms with Gasteiger partial charge in [0, 0.05) is 13.1 Å². The number of amides is 1. The summed E-state index contributed by atoms with van der Waals surface area (Å²) in [4.78, 5) is 19.0. The van der Waals surface area contributed by atoms with E-state index in [2.05, 4.69) is 15.0 Å². The molecule has 2 aromatic rings. The fourth-order valence-corrected chi connectivity index (χ4v) is 4.49. The van der Waals surface area contributed by atoms with Crippen LogP contribution in [0.3, 0.4) is 0 Å². The first-order valence-electron chi connectivity index (χ1n) is 8.94. The second kappa shape index (κ2) is 6.35. The van der Waals surface area contributed by atoms with Crippen molar-refractivity contribution in [3.05, 3.63) is 53.6 Å². The van der Waals surface area contributed by atoms with E-state index in [-0.39, 0.29) is 17.3 Å². The molecule has 6 nitrogen and oxygen atoms in total. The molecule has 2 aromatic carbocycles. The molecule has 27 heavy (non-hydrogen) atoms. The smallest absolute Gasteiger partial charge is 0.283 e. The van der Waals surface area contributed by atoms with Crippen molar-refractivity contribution in [3.63, 3.8) is 0 Å². The van der Waals surface area contributed by atoms with Gasteiger partial charge in [-0.3, -0.25) is 10.2 Å². The van der Waals surface area contributed by atoms with Crippen LogP contribution in [0, 0.1) is 5.41 Å². The zero-order chi connectivity index (χ0) is 18.4. The first-order valence-corrected chi connectivity index (χ1v) is 9.75. The highest BCUT2D eigenvalue weighted by Crippen LogP contribution is 2.31. The van der Waals surface area contributed by atoms with E-state index >= 15 is 0 Å². The van der Waals surface area contributed by atoms with Gasteiger partial charge in [-0.25, -0.2) is 0 Å². The molecule has 3 aliphatic rings.